The van der Waals surface area contributed by atoms with Gasteiger partial charge in [0.1, 0.15) is 5.82 Å². The number of hydrogen-bond donors (Lipinski definition) is 1. The third-order valence-corrected chi connectivity index (χ3v) is 3.93. The van der Waals surface area contributed by atoms with E-state index in [1.807, 2.05) is 18.7 Å². The van der Waals surface area contributed by atoms with Crippen molar-refractivity contribution in [3.05, 3.63) is 35.6 Å². The van der Waals surface area contributed by atoms with E-state index in [4.69, 9.17) is 0 Å². The van der Waals surface area contributed by atoms with Crippen LogP contribution in [0.1, 0.15) is 39.2 Å². The van der Waals surface area contributed by atoms with Crippen LogP contribution in [0.2, 0.25) is 0 Å². The number of halogens is 1. The molecule has 110 valence electrons. The maximum Gasteiger partial charge on any atom is 0.318 e. The van der Waals surface area contributed by atoms with Crippen molar-refractivity contribution >= 4 is 6.03 Å². The second-order valence-corrected chi connectivity index (χ2v) is 6.26. The van der Waals surface area contributed by atoms with Crippen LogP contribution in [0.5, 0.6) is 0 Å². The molecular formula is C16H23FN2O. The fourth-order valence-corrected chi connectivity index (χ4v) is 2.66. The topological polar surface area (TPSA) is 32.3 Å². The zero-order valence-corrected chi connectivity index (χ0v) is 12.4. The summed E-state index contributed by atoms with van der Waals surface area (Å²) in [5, 5.41) is 3.05. The zero-order chi connectivity index (χ0) is 14.8. The van der Waals surface area contributed by atoms with Crippen LogP contribution in [0.3, 0.4) is 0 Å². The Morgan fingerprint density at radius 2 is 2.00 bits per heavy atom. The Morgan fingerprint density at radius 1 is 1.35 bits per heavy atom. The highest BCUT2D eigenvalue weighted by Crippen LogP contribution is 2.22. The number of benzene rings is 1. The first kappa shape index (κ1) is 14.8. The molecule has 1 unspecified atom stereocenters. The van der Waals surface area contributed by atoms with E-state index in [0.29, 0.717) is 5.92 Å². The van der Waals surface area contributed by atoms with Crippen molar-refractivity contribution in [2.24, 2.45) is 5.92 Å². The van der Waals surface area contributed by atoms with E-state index in [-0.39, 0.29) is 11.8 Å². The number of carbonyl (C=O) groups is 1. The first-order valence-electron chi connectivity index (χ1n) is 7.21. The van der Waals surface area contributed by atoms with Crippen LogP contribution in [0.15, 0.2) is 24.3 Å². The molecular weight excluding hydrogens is 255 g/mol. The smallest absolute Gasteiger partial charge is 0.318 e. The van der Waals surface area contributed by atoms with Crippen molar-refractivity contribution in [1.82, 2.24) is 10.2 Å². The first-order chi connectivity index (χ1) is 9.38. The average molecular weight is 278 g/mol. The highest BCUT2D eigenvalue weighted by molar-refractivity contribution is 5.75. The number of nitrogens with zero attached hydrogens (tertiary/aromatic N) is 1. The molecule has 1 fully saturated rings. The van der Waals surface area contributed by atoms with Crippen LogP contribution in [0, 0.1) is 11.7 Å². The van der Waals surface area contributed by atoms with Crippen molar-refractivity contribution < 1.29 is 9.18 Å². The van der Waals surface area contributed by atoms with Gasteiger partial charge in [0, 0.05) is 13.1 Å². The number of urea groups is 1. The van der Waals surface area contributed by atoms with Crippen molar-refractivity contribution in [3.8, 4) is 0 Å². The van der Waals surface area contributed by atoms with Crippen LogP contribution in [0.4, 0.5) is 9.18 Å². The molecule has 0 radical (unpaired) electrons. The normalized spacial score (nSPS) is 19.8. The van der Waals surface area contributed by atoms with Crippen molar-refractivity contribution in [3.63, 3.8) is 0 Å². The van der Waals surface area contributed by atoms with Gasteiger partial charge in [-0.3, -0.25) is 0 Å². The molecule has 4 heteroatoms. The van der Waals surface area contributed by atoms with Gasteiger partial charge < -0.3 is 10.2 Å². The molecule has 1 aromatic rings. The molecule has 0 spiro atoms. The van der Waals surface area contributed by atoms with E-state index in [1.165, 1.54) is 18.6 Å². The molecule has 1 aliphatic heterocycles. The summed E-state index contributed by atoms with van der Waals surface area (Å²) in [5.41, 5.74) is 0.392. The van der Waals surface area contributed by atoms with Crippen molar-refractivity contribution in [2.75, 3.05) is 13.1 Å². The molecule has 1 heterocycles. The third-order valence-electron chi connectivity index (χ3n) is 3.93. The number of hydrogen-bond acceptors (Lipinski definition) is 1. The summed E-state index contributed by atoms with van der Waals surface area (Å²) in [6.45, 7) is 7.67. The standard InChI is InChI=1S/C16H23FN2O/c1-12-5-4-10-19(11-12)15(20)18-16(2,3)13-6-8-14(17)9-7-13/h6-9,12H,4-5,10-11H2,1-3H3,(H,18,20). The van der Waals surface area contributed by atoms with Crippen molar-refractivity contribution in [2.45, 2.75) is 39.2 Å². The minimum Gasteiger partial charge on any atom is -0.329 e. The molecule has 1 saturated heterocycles. The largest absolute Gasteiger partial charge is 0.329 e. The van der Waals surface area contributed by atoms with Gasteiger partial charge in [-0.25, -0.2) is 9.18 Å². The number of carbonyl (C=O) groups excluding carboxylic acids is 1. The maximum atomic E-state index is 13.0. The lowest BCUT2D eigenvalue weighted by Gasteiger charge is -2.35. The van der Waals surface area contributed by atoms with Gasteiger partial charge in [-0.15, -0.1) is 0 Å². The summed E-state index contributed by atoms with van der Waals surface area (Å²) in [7, 11) is 0. The molecule has 0 aliphatic carbocycles. The summed E-state index contributed by atoms with van der Waals surface area (Å²) in [5.74, 6) is 0.296. The van der Waals surface area contributed by atoms with Crippen LogP contribution < -0.4 is 5.32 Å². The van der Waals surface area contributed by atoms with Crippen molar-refractivity contribution in [1.29, 1.82) is 0 Å². The highest BCUT2D eigenvalue weighted by Gasteiger charge is 2.27. The van der Waals surface area contributed by atoms with Gasteiger partial charge in [-0.05, 0) is 50.3 Å². The molecule has 0 aromatic heterocycles. The third kappa shape index (κ3) is 3.50. The molecule has 0 bridgehead atoms. The molecule has 1 atom stereocenters. The van der Waals surface area contributed by atoms with Gasteiger partial charge in [0.15, 0.2) is 0 Å². The van der Waals surface area contributed by atoms with E-state index in [9.17, 15) is 9.18 Å². The second-order valence-electron chi connectivity index (χ2n) is 6.26. The highest BCUT2D eigenvalue weighted by atomic mass is 19.1. The zero-order valence-electron chi connectivity index (χ0n) is 12.4. The summed E-state index contributed by atoms with van der Waals surface area (Å²) >= 11 is 0. The summed E-state index contributed by atoms with van der Waals surface area (Å²) < 4.78 is 13.0. The summed E-state index contributed by atoms with van der Waals surface area (Å²) in [6, 6.07) is 6.24. The predicted octanol–water partition coefficient (Wildman–Crippen LogP) is 3.50. The Hall–Kier alpha value is -1.58. The van der Waals surface area contributed by atoms with Gasteiger partial charge in [0.2, 0.25) is 0 Å². The maximum absolute atomic E-state index is 13.0. The first-order valence-corrected chi connectivity index (χ1v) is 7.21. The SMILES string of the molecule is CC1CCCN(C(=O)NC(C)(C)c2ccc(F)cc2)C1. The lowest BCUT2D eigenvalue weighted by atomic mass is 9.94. The Morgan fingerprint density at radius 3 is 2.60 bits per heavy atom. The van der Waals surface area contributed by atoms with Crippen LogP contribution in [-0.2, 0) is 5.54 Å². The Balaban J connectivity index is 2.03. The van der Waals surface area contributed by atoms with E-state index < -0.39 is 5.54 Å². The minimum absolute atomic E-state index is 0.0362. The molecule has 1 aliphatic rings. The summed E-state index contributed by atoms with van der Waals surface area (Å²) in [6.07, 6.45) is 2.25. The fraction of sp³-hybridized carbons (Fsp3) is 0.562. The molecule has 0 saturated carbocycles. The lowest BCUT2D eigenvalue weighted by molar-refractivity contribution is 0.160. The average Bonchev–Trinajstić information content (AvgIpc) is 2.38. The molecule has 2 amide bonds. The molecule has 1 N–H and O–H groups in total. The van der Waals surface area contributed by atoms with Gasteiger partial charge >= 0.3 is 6.03 Å². The lowest BCUT2D eigenvalue weighted by Crippen LogP contribution is -2.51. The fourth-order valence-electron chi connectivity index (χ4n) is 2.66. The second kappa shape index (κ2) is 5.81. The number of rotatable bonds is 2. The van der Waals surface area contributed by atoms with E-state index in [0.717, 1.165) is 25.1 Å². The van der Waals surface area contributed by atoms with Crippen LogP contribution >= 0.6 is 0 Å². The molecule has 3 nitrogen and oxygen atoms in total. The number of amides is 2. The van der Waals surface area contributed by atoms with E-state index in [1.54, 1.807) is 12.1 Å². The Kier molecular flexibility index (Phi) is 4.31. The van der Waals surface area contributed by atoms with Gasteiger partial charge in [-0.1, -0.05) is 19.1 Å². The van der Waals surface area contributed by atoms with Crippen LogP contribution in [0.25, 0.3) is 0 Å². The number of likely N-dealkylation sites (tertiary alicyclic amines) is 1. The Bertz CT molecular complexity index is 470. The minimum atomic E-state index is -0.508. The Labute approximate surface area is 120 Å². The quantitative estimate of drug-likeness (QED) is 0.882. The summed E-state index contributed by atoms with van der Waals surface area (Å²) in [4.78, 5) is 14.2. The van der Waals surface area contributed by atoms with Gasteiger partial charge in [0.05, 0.1) is 5.54 Å². The molecule has 2 rings (SSSR count). The number of nitrogens with one attached hydrogen (secondary N) is 1. The van der Waals surface area contributed by atoms with E-state index >= 15 is 0 Å². The molecule has 20 heavy (non-hydrogen) atoms. The predicted molar refractivity (Wildman–Crippen MR) is 77.9 cm³/mol. The number of piperidine rings is 1. The van der Waals surface area contributed by atoms with Crippen LogP contribution in [-0.4, -0.2) is 24.0 Å². The monoisotopic (exact) mass is 278 g/mol. The van der Waals surface area contributed by atoms with Gasteiger partial charge in [0.25, 0.3) is 0 Å². The van der Waals surface area contributed by atoms with Gasteiger partial charge in [-0.2, -0.15) is 0 Å². The molecule has 1 aromatic carbocycles. The van der Waals surface area contributed by atoms with E-state index in [2.05, 4.69) is 12.2 Å².